The van der Waals surface area contributed by atoms with E-state index in [9.17, 15) is 9.59 Å². The van der Waals surface area contributed by atoms with Gasteiger partial charge in [-0.1, -0.05) is 6.07 Å². The number of carbonyl (C=O) groups is 2. The highest BCUT2D eigenvalue weighted by atomic mass is 32.2. The Morgan fingerprint density at radius 1 is 1.18 bits per heavy atom. The molecule has 0 bridgehead atoms. The molecular weight excluding hydrogens is 300 g/mol. The van der Waals surface area contributed by atoms with Gasteiger partial charge in [-0.2, -0.15) is 0 Å². The highest BCUT2D eigenvalue weighted by molar-refractivity contribution is 8.00. The Labute approximate surface area is 132 Å². The number of primary amides is 1. The van der Waals surface area contributed by atoms with Gasteiger partial charge in [0.2, 0.25) is 0 Å². The molecule has 3 N–H and O–H groups in total. The monoisotopic (exact) mass is 316 g/mol. The second-order valence-electron chi connectivity index (χ2n) is 4.46. The average Bonchev–Trinajstić information content (AvgIpc) is 2.53. The fourth-order valence-corrected chi connectivity index (χ4v) is 2.64. The largest absolute Gasteiger partial charge is 0.497 e. The van der Waals surface area contributed by atoms with Crippen LogP contribution in [0.2, 0.25) is 0 Å². The van der Waals surface area contributed by atoms with E-state index in [0.717, 1.165) is 10.6 Å². The Hall–Kier alpha value is -2.47. The van der Waals surface area contributed by atoms with E-state index in [1.807, 2.05) is 24.3 Å². The zero-order valence-corrected chi connectivity index (χ0v) is 12.9. The predicted molar refractivity (Wildman–Crippen MR) is 87.7 cm³/mol. The molecule has 22 heavy (non-hydrogen) atoms. The summed E-state index contributed by atoms with van der Waals surface area (Å²) in [6, 6.07) is 13.6. The van der Waals surface area contributed by atoms with E-state index < -0.39 is 6.03 Å². The molecule has 2 aromatic rings. The number of carbonyl (C=O) groups excluding carboxylic acids is 2. The number of nitrogens with two attached hydrogens (primary N) is 1. The average molecular weight is 316 g/mol. The van der Waals surface area contributed by atoms with Crippen LogP contribution in [-0.2, 0) is 0 Å². The van der Waals surface area contributed by atoms with Gasteiger partial charge in [-0.3, -0.25) is 4.79 Å². The molecule has 0 heterocycles. The number of Topliss-reactive ketones (excluding diaryl/α,β-unsaturated/α-hetero) is 1. The minimum Gasteiger partial charge on any atom is -0.497 e. The van der Waals surface area contributed by atoms with Crippen molar-refractivity contribution in [2.24, 2.45) is 5.73 Å². The van der Waals surface area contributed by atoms with E-state index in [1.165, 1.54) is 11.8 Å². The maximum Gasteiger partial charge on any atom is 0.316 e. The summed E-state index contributed by atoms with van der Waals surface area (Å²) in [4.78, 5) is 23.8. The van der Waals surface area contributed by atoms with Gasteiger partial charge in [-0.25, -0.2) is 4.79 Å². The van der Waals surface area contributed by atoms with Crippen molar-refractivity contribution >= 4 is 29.3 Å². The van der Waals surface area contributed by atoms with Crippen LogP contribution in [0.25, 0.3) is 0 Å². The molecule has 0 aliphatic heterocycles. The van der Waals surface area contributed by atoms with Gasteiger partial charge in [0.1, 0.15) is 5.75 Å². The number of urea groups is 1. The molecular formula is C16H16N2O3S. The lowest BCUT2D eigenvalue weighted by Crippen LogP contribution is -2.19. The van der Waals surface area contributed by atoms with Crippen molar-refractivity contribution in [3.05, 3.63) is 54.1 Å². The number of nitrogens with one attached hydrogen (secondary N) is 1. The Bertz CT molecular complexity index is 671. The summed E-state index contributed by atoms with van der Waals surface area (Å²) >= 11 is 1.45. The van der Waals surface area contributed by atoms with E-state index in [-0.39, 0.29) is 5.78 Å². The summed E-state index contributed by atoms with van der Waals surface area (Å²) in [5, 5.41) is 2.45. The molecule has 6 heteroatoms. The molecule has 0 unspecified atom stereocenters. The second-order valence-corrected chi connectivity index (χ2v) is 5.51. The molecule has 0 aliphatic carbocycles. The lowest BCUT2D eigenvalue weighted by Gasteiger charge is -2.05. The van der Waals surface area contributed by atoms with Crippen molar-refractivity contribution in [3.63, 3.8) is 0 Å². The van der Waals surface area contributed by atoms with E-state index in [1.54, 1.807) is 31.4 Å². The third kappa shape index (κ3) is 4.53. The predicted octanol–water partition coefficient (Wildman–Crippen LogP) is 3.16. The minimum absolute atomic E-state index is 0.0124. The molecule has 0 fully saturated rings. The third-order valence-electron chi connectivity index (χ3n) is 2.89. The van der Waals surface area contributed by atoms with Crippen molar-refractivity contribution in [2.45, 2.75) is 4.90 Å². The van der Waals surface area contributed by atoms with Gasteiger partial charge < -0.3 is 15.8 Å². The van der Waals surface area contributed by atoms with Crippen LogP contribution in [-0.4, -0.2) is 24.7 Å². The normalized spacial score (nSPS) is 10.0. The fourth-order valence-electron chi connectivity index (χ4n) is 1.80. The zero-order valence-electron chi connectivity index (χ0n) is 12.0. The Kier molecular flexibility index (Phi) is 5.43. The number of thioether (sulfide) groups is 1. The van der Waals surface area contributed by atoms with E-state index >= 15 is 0 Å². The van der Waals surface area contributed by atoms with Crippen LogP contribution in [0.4, 0.5) is 10.5 Å². The van der Waals surface area contributed by atoms with Gasteiger partial charge in [-0.05, 0) is 42.5 Å². The number of ether oxygens (including phenoxy) is 1. The van der Waals surface area contributed by atoms with Crippen LogP contribution in [0.15, 0.2) is 53.4 Å². The third-order valence-corrected chi connectivity index (χ3v) is 3.88. The number of hydrogen-bond acceptors (Lipinski definition) is 4. The standard InChI is InChI=1S/C16H16N2O3S/c1-21-13-3-2-4-14(9-13)22-10-15(19)11-5-7-12(8-6-11)18-16(17)20/h2-9H,10H2,1H3,(H3,17,18,20). The molecule has 5 nitrogen and oxygen atoms in total. The summed E-state index contributed by atoms with van der Waals surface area (Å²) in [6.07, 6.45) is 0. The Balaban J connectivity index is 1.95. The lowest BCUT2D eigenvalue weighted by molar-refractivity contribution is 0.102. The van der Waals surface area contributed by atoms with Gasteiger partial charge in [0.25, 0.3) is 0 Å². The number of methoxy groups -OCH3 is 1. The lowest BCUT2D eigenvalue weighted by atomic mass is 10.1. The smallest absolute Gasteiger partial charge is 0.316 e. The van der Waals surface area contributed by atoms with Crippen molar-refractivity contribution in [2.75, 3.05) is 18.2 Å². The molecule has 0 saturated heterocycles. The first kappa shape index (κ1) is 15.9. The van der Waals surface area contributed by atoms with Crippen molar-refractivity contribution in [1.29, 1.82) is 0 Å². The quantitative estimate of drug-likeness (QED) is 0.633. The van der Waals surface area contributed by atoms with Crippen molar-refractivity contribution in [1.82, 2.24) is 0 Å². The summed E-state index contributed by atoms with van der Waals surface area (Å²) in [5.74, 6) is 1.10. The highest BCUT2D eigenvalue weighted by Crippen LogP contribution is 2.23. The molecule has 0 radical (unpaired) electrons. The molecule has 2 rings (SSSR count). The van der Waals surface area contributed by atoms with Crippen molar-refractivity contribution in [3.8, 4) is 5.75 Å². The van der Waals surface area contributed by atoms with Crippen LogP contribution >= 0.6 is 11.8 Å². The molecule has 0 saturated carbocycles. The molecule has 0 aliphatic rings. The molecule has 2 aromatic carbocycles. The number of hydrogen-bond donors (Lipinski definition) is 2. The number of ketones is 1. The number of rotatable bonds is 6. The topological polar surface area (TPSA) is 81.4 Å². The molecule has 0 spiro atoms. The van der Waals surface area contributed by atoms with Crippen LogP contribution in [0.5, 0.6) is 5.75 Å². The Morgan fingerprint density at radius 3 is 2.55 bits per heavy atom. The first-order chi connectivity index (χ1) is 10.6. The van der Waals surface area contributed by atoms with E-state index in [0.29, 0.717) is 17.0 Å². The fraction of sp³-hybridized carbons (Fsp3) is 0.125. The van der Waals surface area contributed by atoms with Gasteiger partial charge in [0, 0.05) is 16.1 Å². The van der Waals surface area contributed by atoms with Gasteiger partial charge in [0.05, 0.1) is 12.9 Å². The molecule has 0 aromatic heterocycles. The van der Waals surface area contributed by atoms with E-state index in [4.69, 9.17) is 10.5 Å². The SMILES string of the molecule is COc1cccc(SCC(=O)c2ccc(NC(N)=O)cc2)c1. The van der Waals surface area contributed by atoms with Crippen LogP contribution in [0.3, 0.4) is 0 Å². The summed E-state index contributed by atoms with van der Waals surface area (Å²) in [7, 11) is 1.61. The second kappa shape index (κ2) is 7.51. The maximum absolute atomic E-state index is 12.1. The number of benzene rings is 2. The summed E-state index contributed by atoms with van der Waals surface area (Å²) < 4.78 is 5.15. The zero-order chi connectivity index (χ0) is 15.9. The molecule has 114 valence electrons. The first-order valence-electron chi connectivity index (χ1n) is 6.55. The molecule has 2 amide bonds. The minimum atomic E-state index is -0.632. The highest BCUT2D eigenvalue weighted by Gasteiger charge is 2.07. The molecule has 0 atom stereocenters. The number of amides is 2. The maximum atomic E-state index is 12.1. The summed E-state index contributed by atoms with van der Waals surface area (Å²) in [6.45, 7) is 0. The van der Waals surface area contributed by atoms with Crippen LogP contribution < -0.4 is 15.8 Å². The van der Waals surface area contributed by atoms with Gasteiger partial charge in [-0.15, -0.1) is 11.8 Å². The van der Waals surface area contributed by atoms with E-state index in [2.05, 4.69) is 5.32 Å². The first-order valence-corrected chi connectivity index (χ1v) is 7.53. The van der Waals surface area contributed by atoms with Crippen molar-refractivity contribution < 1.29 is 14.3 Å². The van der Waals surface area contributed by atoms with Gasteiger partial charge in [0.15, 0.2) is 5.78 Å². The Morgan fingerprint density at radius 2 is 1.91 bits per heavy atom. The number of anilines is 1. The van der Waals surface area contributed by atoms with Crippen LogP contribution in [0, 0.1) is 0 Å². The van der Waals surface area contributed by atoms with Gasteiger partial charge >= 0.3 is 6.03 Å². The summed E-state index contributed by atoms with van der Waals surface area (Å²) in [5.41, 5.74) is 6.18. The van der Waals surface area contributed by atoms with Crippen LogP contribution in [0.1, 0.15) is 10.4 Å².